The zero-order valence-corrected chi connectivity index (χ0v) is 29.7. The van der Waals surface area contributed by atoms with Crippen LogP contribution in [0, 0.1) is 0 Å². The summed E-state index contributed by atoms with van der Waals surface area (Å²) in [6.07, 6.45) is 0. The van der Waals surface area contributed by atoms with Crippen LogP contribution >= 0.6 is 104 Å². The van der Waals surface area contributed by atoms with Crippen molar-refractivity contribution < 1.29 is 0 Å². The molecule has 9 heteroatoms. The molecule has 0 bridgehead atoms. The summed E-state index contributed by atoms with van der Waals surface area (Å²) in [6.45, 7) is 0. The van der Waals surface area contributed by atoms with E-state index >= 15 is 0 Å². The van der Waals surface area contributed by atoms with Crippen molar-refractivity contribution in [2.45, 2.75) is 10.8 Å². The van der Waals surface area contributed by atoms with Crippen LogP contribution in [-0.4, -0.2) is 5.38 Å². The smallest absolute Gasteiger partial charge is 0.0785 e. The van der Waals surface area contributed by atoms with Crippen molar-refractivity contribution in [2.75, 3.05) is 0 Å². The quantitative estimate of drug-likeness (QED) is 0.156. The largest absolute Gasteiger partial charge is 0.116 e. The fourth-order valence-corrected chi connectivity index (χ4v) is 8.55. The second kappa shape index (κ2) is 13.4. The molecule has 0 spiro atoms. The molecule has 5 aromatic carbocycles. The summed E-state index contributed by atoms with van der Waals surface area (Å²) in [5.74, 6) is 0. The monoisotopic (exact) mass is 766 g/mol. The van der Waals surface area contributed by atoms with Crippen molar-refractivity contribution in [3.05, 3.63) is 177 Å². The lowest BCUT2D eigenvalue weighted by Crippen LogP contribution is -2.42. The van der Waals surface area contributed by atoms with E-state index in [4.69, 9.17) is 104 Å². The standard InChI is InChI=1S/C36H19Cl9/c37-21-11-9-19(10-12-21)30-31(25-7-4-8-28(41)33(25)43)32(24-15-13-23(39)18-29(24)42)35(45)36(34(30)44,20-5-2-1-3-6-20)26-17-22(38)14-16-27(26)40/h1-18,35H. The molecule has 0 N–H and O–H groups in total. The van der Waals surface area contributed by atoms with E-state index < -0.39 is 10.8 Å². The lowest BCUT2D eigenvalue weighted by Gasteiger charge is -2.46. The van der Waals surface area contributed by atoms with Crippen LogP contribution in [-0.2, 0) is 5.41 Å². The molecule has 0 nitrogen and oxygen atoms in total. The minimum Gasteiger partial charge on any atom is -0.116 e. The Labute approximate surface area is 306 Å². The molecule has 0 fully saturated rings. The summed E-state index contributed by atoms with van der Waals surface area (Å²) in [4.78, 5) is 0. The zero-order valence-electron chi connectivity index (χ0n) is 22.9. The Bertz CT molecular complexity index is 2000. The first-order valence-electron chi connectivity index (χ1n) is 13.5. The van der Waals surface area contributed by atoms with E-state index in [2.05, 4.69) is 0 Å². The van der Waals surface area contributed by atoms with Gasteiger partial charge in [0.2, 0.25) is 0 Å². The van der Waals surface area contributed by atoms with Crippen molar-refractivity contribution in [2.24, 2.45) is 0 Å². The van der Waals surface area contributed by atoms with Crippen LogP contribution in [0.1, 0.15) is 27.8 Å². The number of hydrogen-bond donors (Lipinski definition) is 0. The number of alkyl halides is 1. The SMILES string of the molecule is ClC1=C(c2ccc(Cl)cc2)C(c2cccc(Cl)c2Cl)=C(c2ccc(Cl)cc2Cl)C(Cl)C1(c1ccccc1)c1cc(Cl)ccc1Cl. The molecule has 226 valence electrons. The van der Waals surface area contributed by atoms with Gasteiger partial charge in [0.25, 0.3) is 0 Å². The average molecular weight is 771 g/mol. The minimum atomic E-state index is -1.27. The van der Waals surface area contributed by atoms with E-state index in [1.54, 1.807) is 48.5 Å². The molecule has 0 aromatic heterocycles. The van der Waals surface area contributed by atoms with Crippen molar-refractivity contribution in [1.82, 2.24) is 0 Å². The minimum absolute atomic E-state index is 0.324. The molecule has 5 aromatic rings. The van der Waals surface area contributed by atoms with Crippen molar-refractivity contribution in [3.8, 4) is 0 Å². The van der Waals surface area contributed by atoms with Gasteiger partial charge in [0.1, 0.15) is 0 Å². The number of hydrogen-bond acceptors (Lipinski definition) is 0. The molecule has 0 saturated heterocycles. The van der Waals surface area contributed by atoms with Crippen LogP contribution in [0.4, 0.5) is 0 Å². The molecule has 2 atom stereocenters. The molecule has 0 heterocycles. The van der Waals surface area contributed by atoms with Gasteiger partial charge in [0.15, 0.2) is 0 Å². The Kier molecular flexibility index (Phi) is 9.83. The van der Waals surface area contributed by atoms with Gasteiger partial charge in [-0.15, -0.1) is 11.6 Å². The van der Waals surface area contributed by atoms with Crippen molar-refractivity contribution in [3.63, 3.8) is 0 Å². The summed E-state index contributed by atoms with van der Waals surface area (Å²) >= 11 is 62.8. The van der Waals surface area contributed by atoms with Crippen molar-refractivity contribution >= 4 is 121 Å². The molecule has 45 heavy (non-hydrogen) atoms. The number of benzene rings is 5. The van der Waals surface area contributed by atoms with E-state index in [0.29, 0.717) is 73.6 Å². The number of rotatable bonds is 5. The van der Waals surface area contributed by atoms with Gasteiger partial charge in [0, 0.05) is 41.3 Å². The third kappa shape index (κ3) is 5.82. The zero-order chi connectivity index (χ0) is 32.0. The lowest BCUT2D eigenvalue weighted by molar-refractivity contribution is 0.655. The highest BCUT2D eigenvalue weighted by Gasteiger charge is 2.53. The van der Waals surface area contributed by atoms with Gasteiger partial charge in [-0.05, 0) is 81.9 Å². The van der Waals surface area contributed by atoms with E-state index in [1.165, 1.54) is 0 Å². The Hall–Kier alpha value is -1.81. The fourth-order valence-electron chi connectivity index (χ4n) is 5.92. The Morgan fingerprint density at radius 2 is 1.13 bits per heavy atom. The van der Waals surface area contributed by atoms with E-state index in [-0.39, 0.29) is 0 Å². The molecule has 0 aliphatic heterocycles. The predicted molar refractivity (Wildman–Crippen MR) is 197 cm³/mol. The predicted octanol–water partition coefficient (Wildman–Crippen LogP) is 14.4. The van der Waals surface area contributed by atoms with Gasteiger partial charge < -0.3 is 0 Å². The fraction of sp³-hybridized carbons (Fsp3) is 0.0556. The second-order valence-electron chi connectivity index (χ2n) is 10.4. The first-order chi connectivity index (χ1) is 21.5. The normalized spacial score (nSPS) is 18.5. The van der Waals surface area contributed by atoms with Crippen LogP contribution in [0.2, 0.25) is 35.2 Å². The van der Waals surface area contributed by atoms with Crippen LogP contribution < -0.4 is 0 Å². The van der Waals surface area contributed by atoms with Crippen LogP contribution in [0.25, 0.3) is 16.7 Å². The van der Waals surface area contributed by atoms with Gasteiger partial charge in [-0.2, -0.15) is 0 Å². The molecular weight excluding hydrogens is 751 g/mol. The topological polar surface area (TPSA) is 0 Å². The summed E-state index contributed by atoms with van der Waals surface area (Å²) in [5.41, 5.74) is 4.02. The molecule has 0 saturated carbocycles. The summed E-state index contributed by atoms with van der Waals surface area (Å²) in [7, 11) is 0. The maximum atomic E-state index is 7.89. The third-order valence-electron chi connectivity index (χ3n) is 7.88. The maximum absolute atomic E-state index is 7.89. The van der Waals surface area contributed by atoms with Crippen LogP contribution in [0.3, 0.4) is 0 Å². The summed E-state index contributed by atoms with van der Waals surface area (Å²) in [6, 6.07) is 33.0. The Balaban J connectivity index is 1.89. The van der Waals surface area contributed by atoms with Gasteiger partial charge >= 0.3 is 0 Å². The highest BCUT2D eigenvalue weighted by atomic mass is 35.5. The Morgan fingerprint density at radius 1 is 0.489 bits per heavy atom. The maximum Gasteiger partial charge on any atom is 0.0785 e. The van der Waals surface area contributed by atoms with Gasteiger partial charge in [-0.3, -0.25) is 0 Å². The molecule has 0 amide bonds. The lowest BCUT2D eigenvalue weighted by atomic mass is 9.62. The first-order valence-corrected chi connectivity index (χ1v) is 17.0. The average Bonchev–Trinajstić information content (AvgIpc) is 3.02. The molecule has 1 aliphatic rings. The molecule has 1 aliphatic carbocycles. The van der Waals surface area contributed by atoms with Gasteiger partial charge in [-0.25, -0.2) is 0 Å². The first kappa shape index (κ1) is 33.1. The molecule has 0 radical (unpaired) electrons. The van der Waals surface area contributed by atoms with Crippen molar-refractivity contribution in [1.29, 1.82) is 0 Å². The Morgan fingerprint density at radius 3 is 1.82 bits per heavy atom. The molecular formula is C36H19Cl9. The highest BCUT2D eigenvalue weighted by molar-refractivity contribution is 6.48. The number of allylic oxidation sites excluding steroid dienone is 4. The van der Waals surface area contributed by atoms with E-state index in [1.807, 2.05) is 60.7 Å². The third-order valence-corrected chi connectivity index (χ3v) is 11.1. The molecule has 2 unspecified atom stereocenters. The van der Waals surface area contributed by atoms with Gasteiger partial charge in [-0.1, -0.05) is 153 Å². The van der Waals surface area contributed by atoms with E-state index in [0.717, 1.165) is 11.1 Å². The van der Waals surface area contributed by atoms with Crippen LogP contribution in [0.15, 0.2) is 114 Å². The highest BCUT2D eigenvalue weighted by Crippen LogP contribution is 2.62. The van der Waals surface area contributed by atoms with E-state index in [9.17, 15) is 0 Å². The summed E-state index contributed by atoms with van der Waals surface area (Å²) in [5, 5.41) is 2.45. The van der Waals surface area contributed by atoms with Crippen LogP contribution in [0.5, 0.6) is 0 Å². The second-order valence-corrected chi connectivity index (χ2v) is 14.1. The van der Waals surface area contributed by atoms with Gasteiger partial charge in [0.05, 0.1) is 20.8 Å². The molecule has 6 rings (SSSR count). The summed E-state index contributed by atoms with van der Waals surface area (Å²) < 4.78 is 0. The number of halogens is 9.